The van der Waals surface area contributed by atoms with Gasteiger partial charge in [0, 0.05) is 0 Å². The van der Waals surface area contributed by atoms with Gasteiger partial charge in [0.15, 0.2) is 5.25 Å². The Bertz CT molecular complexity index is 581. The number of carbonyl (C=O) groups excluding carboxylic acids is 2. The number of hydrogen-bond acceptors (Lipinski definition) is 6. The molecule has 0 spiro atoms. The van der Waals surface area contributed by atoms with Crippen LogP contribution in [0.5, 0.6) is 0 Å². The first-order chi connectivity index (χ1) is 15.3. The van der Waals surface area contributed by atoms with Gasteiger partial charge in [0.1, 0.15) is 0 Å². The van der Waals surface area contributed by atoms with Gasteiger partial charge < -0.3 is 9.47 Å². The van der Waals surface area contributed by atoms with Crippen molar-refractivity contribution in [1.82, 2.24) is 0 Å². The third-order valence-corrected chi connectivity index (χ3v) is 6.56. The van der Waals surface area contributed by atoms with Gasteiger partial charge in [-0.3, -0.25) is 14.1 Å². The van der Waals surface area contributed by atoms with Crippen LogP contribution in [0.3, 0.4) is 0 Å². The summed E-state index contributed by atoms with van der Waals surface area (Å²) in [5.74, 6) is -1.92. The fourth-order valence-corrected chi connectivity index (χ4v) is 4.10. The Hall–Kier alpha value is -0.150. The van der Waals surface area contributed by atoms with Crippen molar-refractivity contribution in [3.05, 3.63) is 0 Å². The van der Waals surface area contributed by atoms with E-state index < -0.39 is 33.7 Å². The molecular formula is C24H46NaO7S+. The molecule has 190 valence electrons. The first-order valence-electron chi connectivity index (χ1n) is 12.6. The van der Waals surface area contributed by atoms with Gasteiger partial charge in [-0.05, 0) is 12.8 Å². The van der Waals surface area contributed by atoms with Crippen molar-refractivity contribution in [2.45, 2.75) is 128 Å². The van der Waals surface area contributed by atoms with Crippen LogP contribution in [-0.2, 0) is 29.2 Å². The van der Waals surface area contributed by atoms with Crippen molar-refractivity contribution in [3.8, 4) is 0 Å². The summed E-state index contributed by atoms with van der Waals surface area (Å²) in [7, 11) is -4.75. The Kier molecular flexibility index (Phi) is 25.0. The molecule has 7 nitrogen and oxygen atoms in total. The molecule has 1 unspecified atom stereocenters. The topological polar surface area (TPSA) is 107 Å². The molecule has 0 aromatic rings. The van der Waals surface area contributed by atoms with Crippen LogP contribution in [0.1, 0.15) is 123 Å². The molecule has 0 rings (SSSR count). The van der Waals surface area contributed by atoms with Crippen molar-refractivity contribution in [2.24, 2.45) is 0 Å². The maximum absolute atomic E-state index is 12.1. The zero-order valence-electron chi connectivity index (χ0n) is 21.3. The first-order valence-corrected chi connectivity index (χ1v) is 14.1. The largest absolute Gasteiger partial charge is 1.00 e. The molecule has 0 radical (unpaired) electrons. The van der Waals surface area contributed by atoms with Gasteiger partial charge in [0.25, 0.3) is 10.1 Å². The number of rotatable bonds is 22. The van der Waals surface area contributed by atoms with Gasteiger partial charge in [0.2, 0.25) is 0 Å². The van der Waals surface area contributed by atoms with Crippen LogP contribution < -0.4 is 29.6 Å². The van der Waals surface area contributed by atoms with Crippen molar-refractivity contribution >= 4 is 22.1 Å². The zero-order valence-corrected chi connectivity index (χ0v) is 24.1. The number of ether oxygens (including phenoxy) is 2. The molecule has 0 heterocycles. The minimum atomic E-state index is -4.75. The molecular weight excluding hydrogens is 455 g/mol. The van der Waals surface area contributed by atoms with E-state index in [1.165, 1.54) is 51.4 Å². The molecule has 0 bridgehead atoms. The average Bonchev–Trinajstić information content (AvgIpc) is 2.74. The van der Waals surface area contributed by atoms with Gasteiger partial charge in [-0.2, -0.15) is 8.42 Å². The van der Waals surface area contributed by atoms with E-state index in [9.17, 15) is 22.6 Å². The minimum absolute atomic E-state index is 0. The zero-order chi connectivity index (χ0) is 24.1. The minimum Gasteiger partial charge on any atom is -0.466 e. The van der Waals surface area contributed by atoms with Crippen LogP contribution in [0.25, 0.3) is 0 Å². The normalized spacial score (nSPS) is 12.1. The fourth-order valence-electron chi connectivity index (χ4n) is 3.44. The molecule has 0 aromatic carbocycles. The van der Waals surface area contributed by atoms with Gasteiger partial charge >= 0.3 is 41.5 Å². The SMILES string of the molecule is CCCCCCCCCCOC(=O)CC(C(=O)OCCCCCCCCCC)S(=O)(=O)O.[Na+]. The summed E-state index contributed by atoms with van der Waals surface area (Å²) in [6, 6.07) is 0. The Labute approximate surface area is 224 Å². The smallest absolute Gasteiger partial charge is 0.466 e. The predicted molar refractivity (Wildman–Crippen MR) is 127 cm³/mol. The molecule has 0 saturated carbocycles. The molecule has 1 N–H and O–H groups in total. The van der Waals surface area contributed by atoms with E-state index in [-0.39, 0.29) is 42.8 Å². The van der Waals surface area contributed by atoms with Crippen molar-refractivity contribution in [3.63, 3.8) is 0 Å². The summed E-state index contributed by atoms with van der Waals surface area (Å²) in [5.41, 5.74) is 0. The second-order valence-corrected chi connectivity index (χ2v) is 10.1. The van der Waals surface area contributed by atoms with E-state index in [1.54, 1.807) is 0 Å². The predicted octanol–water partition coefficient (Wildman–Crippen LogP) is 3.00. The monoisotopic (exact) mass is 501 g/mol. The summed E-state index contributed by atoms with van der Waals surface area (Å²) >= 11 is 0. The van der Waals surface area contributed by atoms with E-state index in [1.807, 2.05) is 0 Å². The maximum Gasteiger partial charge on any atom is 1.00 e. The van der Waals surface area contributed by atoms with Crippen LogP contribution >= 0.6 is 0 Å². The summed E-state index contributed by atoms with van der Waals surface area (Å²) in [6.07, 6.45) is 16.6. The van der Waals surface area contributed by atoms with Gasteiger partial charge in [-0.15, -0.1) is 0 Å². The van der Waals surface area contributed by atoms with Crippen LogP contribution in [-0.4, -0.2) is 43.4 Å². The van der Waals surface area contributed by atoms with Crippen molar-refractivity contribution in [2.75, 3.05) is 13.2 Å². The first kappa shape index (κ1) is 35.0. The molecule has 0 aliphatic rings. The van der Waals surface area contributed by atoms with Gasteiger partial charge in [-0.1, -0.05) is 104 Å². The number of esters is 2. The van der Waals surface area contributed by atoms with Crippen molar-refractivity contribution in [1.29, 1.82) is 0 Å². The molecule has 0 aliphatic heterocycles. The summed E-state index contributed by atoms with van der Waals surface area (Å²) in [6.45, 7) is 4.61. The van der Waals surface area contributed by atoms with Crippen LogP contribution in [0.4, 0.5) is 0 Å². The van der Waals surface area contributed by atoms with Gasteiger partial charge in [0.05, 0.1) is 19.6 Å². The molecule has 0 saturated heterocycles. The number of hydrogen-bond donors (Lipinski definition) is 1. The second-order valence-electron chi connectivity index (χ2n) is 8.55. The summed E-state index contributed by atoms with van der Waals surface area (Å²) < 4.78 is 42.4. The molecule has 0 aliphatic carbocycles. The Morgan fingerprint density at radius 2 is 1.03 bits per heavy atom. The Morgan fingerprint density at radius 3 is 1.42 bits per heavy atom. The Morgan fingerprint density at radius 1 is 0.667 bits per heavy atom. The van der Waals surface area contributed by atoms with Crippen LogP contribution in [0.2, 0.25) is 0 Å². The summed E-state index contributed by atoms with van der Waals surface area (Å²) in [4.78, 5) is 24.0. The fraction of sp³-hybridized carbons (Fsp3) is 0.917. The van der Waals surface area contributed by atoms with Crippen LogP contribution in [0, 0.1) is 0 Å². The van der Waals surface area contributed by atoms with Crippen LogP contribution in [0.15, 0.2) is 0 Å². The molecule has 33 heavy (non-hydrogen) atoms. The third-order valence-electron chi connectivity index (χ3n) is 5.48. The molecule has 9 heteroatoms. The second kappa shape index (κ2) is 23.6. The molecule has 0 fully saturated rings. The van der Waals surface area contributed by atoms with E-state index in [0.29, 0.717) is 12.8 Å². The molecule has 0 aromatic heterocycles. The van der Waals surface area contributed by atoms with E-state index >= 15 is 0 Å². The third kappa shape index (κ3) is 22.1. The average molecular weight is 502 g/mol. The molecule has 1 atom stereocenters. The van der Waals surface area contributed by atoms with E-state index in [2.05, 4.69) is 13.8 Å². The van der Waals surface area contributed by atoms with Gasteiger partial charge in [-0.25, -0.2) is 0 Å². The van der Waals surface area contributed by atoms with E-state index in [4.69, 9.17) is 9.47 Å². The maximum atomic E-state index is 12.1. The quantitative estimate of drug-likeness (QED) is 0.105. The van der Waals surface area contributed by atoms with E-state index in [0.717, 1.165) is 38.5 Å². The molecule has 0 amide bonds. The summed E-state index contributed by atoms with van der Waals surface area (Å²) in [5, 5.41) is -1.93. The number of unbranched alkanes of at least 4 members (excludes halogenated alkanes) is 14. The van der Waals surface area contributed by atoms with Crippen molar-refractivity contribution < 1.29 is 61.6 Å². The standard InChI is InChI=1S/C24H46O7S.Na/c1-3-5-7-9-11-13-15-17-19-30-23(25)21-22(32(27,28)29)24(26)31-20-18-16-14-12-10-8-6-4-2;/h22H,3-21H2,1-2H3,(H,27,28,29);/q;+1. The Balaban J connectivity index is 0. The number of carbonyl (C=O) groups is 2.